The Bertz CT molecular complexity index is 696. The molecule has 0 aliphatic carbocycles. The fraction of sp³-hybridized carbons (Fsp3) is 0.400. The van der Waals surface area contributed by atoms with Gasteiger partial charge in [0.25, 0.3) is 0 Å². The average molecular weight is 308 g/mol. The van der Waals surface area contributed by atoms with Gasteiger partial charge >= 0.3 is 0 Å². The molecule has 1 atom stereocenters. The summed E-state index contributed by atoms with van der Waals surface area (Å²) in [5.74, 6) is 1.07. The molecule has 21 heavy (non-hydrogen) atoms. The first-order chi connectivity index (χ1) is 9.96. The maximum absolute atomic E-state index is 10.9. The molecule has 5 nitrogen and oxygen atoms in total. The molecule has 1 aromatic carbocycles. The van der Waals surface area contributed by atoms with Gasteiger partial charge in [-0.2, -0.15) is 0 Å². The number of nitrogens with zero attached hydrogens (tertiary/aromatic N) is 1. The van der Waals surface area contributed by atoms with Crippen LogP contribution in [0.2, 0.25) is 0 Å². The van der Waals surface area contributed by atoms with Gasteiger partial charge in [-0.25, -0.2) is 13.6 Å². The maximum Gasteiger partial charge on any atom is 0.209 e. The van der Waals surface area contributed by atoms with E-state index in [1.807, 2.05) is 37.3 Å². The van der Waals surface area contributed by atoms with Crippen LogP contribution in [0.3, 0.4) is 0 Å². The first kappa shape index (κ1) is 15.7. The van der Waals surface area contributed by atoms with Gasteiger partial charge in [-0.15, -0.1) is 0 Å². The first-order valence-electron chi connectivity index (χ1n) is 6.93. The number of rotatable bonds is 7. The summed E-state index contributed by atoms with van der Waals surface area (Å²) in [6.07, 6.45) is 3.09. The van der Waals surface area contributed by atoms with E-state index in [-0.39, 0.29) is 11.7 Å². The minimum absolute atomic E-state index is 0.0202. The summed E-state index contributed by atoms with van der Waals surface area (Å²) in [6.45, 7) is 2.54. The van der Waals surface area contributed by atoms with Crippen LogP contribution in [-0.4, -0.2) is 25.8 Å². The van der Waals surface area contributed by atoms with E-state index in [0.29, 0.717) is 13.0 Å². The van der Waals surface area contributed by atoms with Crippen LogP contribution in [0.4, 0.5) is 0 Å². The number of primary sulfonamides is 1. The first-order valence-corrected chi connectivity index (χ1v) is 8.64. The number of hydrogen-bond acceptors (Lipinski definition) is 4. The molecule has 1 unspecified atom stereocenters. The summed E-state index contributed by atoms with van der Waals surface area (Å²) in [5.41, 5.74) is 0.900. The average Bonchev–Trinajstić information content (AvgIpc) is 2.45. The minimum Gasteiger partial charge on any atom is -0.493 e. The third kappa shape index (κ3) is 4.99. The second-order valence-corrected chi connectivity index (χ2v) is 6.96. The minimum atomic E-state index is -3.37. The molecular formula is C15H20N2O3S. The van der Waals surface area contributed by atoms with E-state index in [1.54, 1.807) is 6.20 Å². The van der Waals surface area contributed by atoms with Crippen molar-refractivity contribution in [1.82, 2.24) is 4.98 Å². The smallest absolute Gasteiger partial charge is 0.209 e. The van der Waals surface area contributed by atoms with Crippen LogP contribution in [0.1, 0.15) is 19.8 Å². The number of ether oxygens (including phenoxy) is 1. The van der Waals surface area contributed by atoms with Gasteiger partial charge in [0.15, 0.2) is 0 Å². The van der Waals surface area contributed by atoms with Crippen LogP contribution in [-0.2, 0) is 10.0 Å². The number of hydrogen-bond donors (Lipinski definition) is 1. The van der Waals surface area contributed by atoms with E-state index in [1.165, 1.54) is 0 Å². The molecule has 1 heterocycles. The second kappa shape index (κ2) is 6.87. The van der Waals surface area contributed by atoms with Crippen molar-refractivity contribution in [1.29, 1.82) is 0 Å². The molecule has 0 spiro atoms. The molecule has 6 heteroatoms. The van der Waals surface area contributed by atoms with E-state index < -0.39 is 10.0 Å². The number of pyridine rings is 1. The zero-order valence-electron chi connectivity index (χ0n) is 12.0. The highest BCUT2D eigenvalue weighted by atomic mass is 32.2. The lowest BCUT2D eigenvalue weighted by Crippen LogP contribution is -2.18. The molecule has 2 rings (SSSR count). The number of nitrogens with two attached hydrogens (primary N) is 1. The third-order valence-electron chi connectivity index (χ3n) is 3.37. The summed E-state index contributed by atoms with van der Waals surface area (Å²) >= 11 is 0. The van der Waals surface area contributed by atoms with Crippen molar-refractivity contribution in [3.05, 3.63) is 36.5 Å². The van der Waals surface area contributed by atoms with E-state index in [0.717, 1.165) is 23.1 Å². The van der Waals surface area contributed by atoms with Gasteiger partial charge < -0.3 is 4.74 Å². The normalized spacial score (nSPS) is 13.2. The van der Waals surface area contributed by atoms with Crippen molar-refractivity contribution < 1.29 is 13.2 Å². The highest BCUT2D eigenvalue weighted by molar-refractivity contribution is 7.89. The molecule has 0 aliphatic rings. The Morgan fingerprint density at radius 3 is 2.81 bits per heavy atom. The quantitative estimate of drug-likeness (QED) is 0.851. The van der Waals surface area contributed by atoms with E-state index >= 15 is 0 Å². The van der Waals surface area contributed by atoms with Gasteiger partial charge in [0.05, 0.1) is 17.9 Å². The monoisotopic (exact) mass is 308 g/mol. The highest BCUT2D eigenvalue weighted by Gasteiger charge is 2.09. The Morgan fingerprint density at radius 2 is 2.05 bits per heavy atom. The molecule has 0 saturated heterocycles. The van der Waals surface area contributed by atoms with Crippen molar-refractivity contribution >= 4 is 20.9 Å². The summed E-state index contributed by atoms with van der Waals surface area (Å²) in [7, 11) is -3.37. The summed E-state index contributed by atoms with van der Waals surface area (Å²) in [6, 6.07) is 9.62. The number of fused-ring (bicyclic) bond motifs is 1. The predicted molar refractivity (Wildman–Crippen MR) is 83.6 cm³/mol. The largest absolute Gasteiger partial charge is 0.493 e. The van der Waals surface area contributed by atoms with Gasteiger partial charge in [0.2, 0.25) is 10.0 Å². The lowest BCUT2D eigenvalue weighted by molar-refractivity contribution is 0.284. The molecule has 0 bridgehead atoms. The molecule has 0 saturated carbocycles. The number of aromatic nitrogens is 1. The standard InChI is InChI=1S/C15H20N2O3S/c1-12(8-11-21(16,18)19)7-10-20-15-6-2-5-14-13(15)4-3-9-17-14/h2-6,9,12H,7-8,10-11H2,1H3,(H2,16,18,19). The zero-order chi connectivity index (χ0) is 15.3. The molecule has 2 aromatic rings. The molecule has 114 valence electrons. The molecule has 0 aliphatic heterocycles. The molecule has 2 N–H and O–H groups in total. The number of sulfonamides is 1. The fourth-order valence-electron chi connectivity index (χ4n) is 2.08. The third-order valence-corrected chi connectivity index (χ3v) is 4.17. The van der Waals surface area contributed by atoms with Crippen molar-refractivity contribution in [3.63, 3.8) is 0 Å². The summed E-state index contributed by atoms with van der Waals surface area (Å²) in [5, 5.41) is 5.98. The summed E-state index contributed by atoms with van der Waals surface area (Å²) in [4.78, 5) is 4.28. The lowest BCUT2D eigenvalue weighted by atomic mass is 10.1. The topological polar surface area (TPSA) is 82.3 Å². The van der Waals surface area contributed by atoms with Gasteiger partial charge in [0, 0.05) is 11.6 Å². The molecular weight excluding hydrogens is 288 g/mol. The lowest BCUT2D eigenvalue weighted by Gasteiger charge is -2.12. The SMILES string of the molecule is CC(CCOc1cccc2ncccc12)CCS(N)(=O)=O. The van der Waals surface area contributed by atoms with Crippen LogP contribution < -0.4 is 9.88 Å². The van der Waals surface area contributed by atoms with Gasteiger partial charge in [-0.3, -0.25) is 4.98 Å². The van der Waals surface area contributed by atoms with Gasteiger partial charge in [0.1, 0.15) is 5.75 Å². The van der Waals surface area contributed by atoms with Gasteiger partial charge in [-0.1, -0.05) is 13.0 Å². The van der Waals surface area contributed by atoms with Crippen LogP contribution in [0.15, 0.2) is 36.5 Å². The van der Waals surface area contributed by atoms with Crippen molar-refractivity contribution in [2.75, 3.05) is 12.4 Å². The van der Waals surface area contributed by atoms with Crippen molar-refractivity contribution in [3.8, 4) is 5.75 Å². The zero-order valence-corrected chi connectivity index (χ0v) is 12.8. The van der Waals surface area contributed by atoms with E-state index in [9.17, 15) is 8.42 Å². The van der Waals surface area contributed by atoms with Crippen LogP contribution in [0.5, 0.6) is 5.75 Å². The Hall–Kier alpha value is -1.66. The Kier molecular flexibility index (Phi) is 5.14. The Labute approximate surface area is 125 Å². The molecule has 0 amide bonds. The molecule has 0 radical (unpaired) electrons. The highest BCUT2D eigenvalue weighted by Crippen LogP contribution is 2.24. The number of benzene rings is 1. The second-order valence-electron chi connectivity index (χ2n) is 5.22. The fourth-order valence-corrected chi connectivity index (χ4v) is 2.81. The molecule has 1 aromatic heterocycles. The maximum atomic E-state index is 10.9. The van der Waals surface area contributed by atoms with Crippen LogP contribution in [0.25, 0.3) is 10.9 Å². The van der Waals surface area contributed by atoms with E-state index in [4.69, 9.17) is 9.88 Å². The predicted octanol–water partition coefficient (Wildman–Crippen LogP) is 2.32. The summed E-state index contributed by atoms with van der Waals surface area (Å²) < 4.78 is 27.6. The van der Waals surface area contributed by atoms with Crippen molar-refractivity contribution in [2.45, 2.75) is 19.8 Å². The van der Waals surface area contributed by atoms with Crippen LogP contribution >= 0.6 is 0 Å². The van der Waals surface area contributed by atoms with Crippen molar-refractivity contribution in [2.24, 2.45) is 11.1 Å². The molecule has 0 fully saturated rings. The van der Waals surface area contributed by atoms with Crippen LogP contribution in [0, 0.1) is 5.92 Å². The van der Waals surface area contributed by atoms with E-state index in [2.05, 4.69) is 4.98 Å². The Morgan fingerprint density at radius 1 is 1.24 bits per heavy atom. The van der Waals surface area contributed by atoms with Gasteiger partial charge in [-0.05, 0) is 43.0 Å². The Balaban J connectivity index is 1.88.